The predicted octanol–water partition coefficient (Wildman–Crippen LogP) is 1.67. The van der Waals surface area contributed by atoms with Crippen LogP contribution in [0, 0.1) is 0 Å². The van der Waals surface area contributed by atoms with E-state index >= 15 is 0 Å². The molecule has 1 saturated heterocycles. The lowest BCUT2D eigenvalue weighted by Gasteiger charge is -2.30. The molecule has 1 aliphatic heterocycles. The van der Waals surface area contributed by atoms with E-state index in [0.717, 1.165) is 30.7 Å². The quantitative estimate of drug-likeness (QED) is 0.768. The van der Waals surface area contributed by atoms with Crippen molar-refractivity contribution in [1.29, 1.82) is 0 Å². The molecule has 0 saturated carbocycles. The Morgan fingerprint density at radius 2 is 2.05 bits per heavy atom. The molecule has 1 heterocycles. The number of aliphatic hydroxyl groups is 1. The average molecular weight is 265 g/mol. The van der Waals surface area contributed by atoms with Crippen molar-refractivity contribution in [2.45, 2.75) is 31.4 Å². The smallest absolute Gasteiger partial charge is 0.119 e. The fourth-order valence-electron chi connectivity index (χ4n) is 2.50. The molecule has 19 heavy (non-hydrogen) atoms. The molecule has 0 bridgehead atoms. The van der Waals surface area contributed by atoms with E-state index in [0.29, 0.717) is 13.2 Å². The molecular weight excluding hydrogens is 242 g/mol. The number of hydrogen-bond donors (Lipinski definition) is 2. The van der Waals surface area contributed by atoms with Gasteiger partial charge < -0.3 is 19.9 Å². The first-order valence-corrected chi connectivity index (χ1v) is 6.82. The van der Waals surface area contributed by atoms with Crippen LogP contribution in [0.1, 0.15) is 25.3 Å². The van der Waals surface area contributed by atoms with Gasteiger partial charge in [-0.25, -0.2) is 0 Å². The van der Waals surface area contributed by atoms with Gasteiger partial charge in [-0.3, -0.25) is 0 Å². The van der Waals surface area contributed by atoms with Gasteiger partial charge in [-0.05, 0) is 44.0 Å². The molecule has 2 atom stereocenters. The largest absolute Gasteiger partial charge is 0.491 e. The van der Waals surface area contributed by atoms with Gasteiger partial charge in [0.1, 0.15) is 18.0 Å². The van der Waals surface area contributed by atoms with E-state index in [1.54, 1.807) is 7.11 Å². The zero-order valence-electron chi connectivity index (χ0n) is 11.7. The second kappa shape index (κ2) is 6.37. The number of hydrogen-bond acceptors (Lipinski definition) is 4. The van der Waals surface area contributed by atoms with Gasteiger partial charge in [0.15, 0.2) is 0 Å². The van der Waals surface area contributed by atoms with Crippen molar-refractivity contribution >= 4 is 0 Å². The van der Waals surface area contributed by atoms with Crippen LogP contribution in [0.4, 0.5) is 0 Å². The highest BCUT2D eigenvalue weighted by Crippen LogP contribution is 2.30. The topological polar surface area (TPSA) is 50.7 Å². The molecule has 2 rings (SSSR count). The van der Waals surface area contributed by atoms with Crippen molar-refractivity contribution in [3.05, 3.63) is 29.8 Å². The third kappa shape index (κ3) is 3.47. The maximum absolute atomic E-state index is 10.7. The molecule has 0 spiro atoms. The third-order valence-electron chi connectivity index (χ3n) is 3.73. The standard InChI is InChI=1S/C15H23NO3/c1-15(17,14-4-3-9-16-14)12-5-7-13(8-6-12)19-11-10-18-2/h5-8,14,16-17H,3-4,9-11H2,1-2H3. The van der Waals surface area contributed by atoms with Crippen molar-refractivity contribution in [3.63, 3.8) is 0 Å². The van der Waals surface area contributed by atoms with Crippen LogP contribution >= 0.6 is 0 Å². The normalized spacial score (nSPS) is 22.2. The van der Waals surface area contributed by atoms with Crippen LogP contribution in [0.3, 0.4) is 0 Å². The molecule has 0 radical (unpaired) electrons. The fraction of sp³-hybridized carbons (Fsp3) is 0.600. The number of benzene rings is 1. The molecule has 0 aromatic heterocycles. The highest BCUT2D eigenvalue weighted by molar-refractivity contribution is 5.31. The second-order valence-corrected chi connectivity index (χ2v) is 5.16. The number of methoxy groups -OCH3 is 1. The van der Waals surface area contributed by atoms with E-state index in [1.807, 2.05) is 31.2 Å². The number of ether oxygens (including phenoxy) is 2. The molecule has 1 aliphatic rings. The highest BCUT2D eigenvalue weighted by Gasteiger charge is 2.35. The lowest BCUT2D eigenvalue weighted by Crippen LogP contribution is -2.42. The lowest BCUT2D eigenvalue weighted by atomic mass is 9.87. The Labute approximate surface area is 114 Å². The first-order chi connectivity index (χ1) is 9.14. The summed E-state index contributed by atoms with van der Waals surface area (Å²) in [6, 6.07) is 7.79. The molecular formula is C15H23NO3. The molecule has 4 nitrogen and oxygen atoms in total. The summed E-state index contributed by atoms with van der Waals surface area (Å²) in [7, 11) is 1.65. The summed E-state index contributed by atoms with van der Waals surface area (Å²) >= 11 is 0. The maximum atomic E-state index is 10.7. The van der Waals surface area contributed by atoms with Gasteiger partial charge >= 0.3 is 0 Å². The maximum Gasteiger partial charge on any atom is 0.119 e. The summed E-state index contributed by atoms with van der Waals surface area (Å²) in [6.07, 6.45) is 2.14. The van der Waals surface area contributed by atoms with E-state index in [9.17, 15) is 5.11 Å². The molecule has 1 aromatic carbocycles. The van der Waals surface area contributed by atoms with Crippen molar-refractivity contribution in [2.24, 2.45) is 0 Å². The van der Waals surface area contributed by atoms with Gasteiger partial charge in [0.25, 0.3) is 0 Å². The van der Waals surface area contributed by atoms with Crippen molar-refractivity contribution in [2.75, 3.05) is 26.9 Å². The minimum atomic E-state index is -0.832. The zero-order chi connectivity index (χ0) is 13.7. The van der Waals surface area contributed by atoms with Gasteiger partial charge in [-0.1, -0.05) is 12.1 Å². The predicted molar refractivity (Wildman–Crippen MR) is 74.4 cm³/mol. The molecule has 1 aromatic rings. The first kappa shape index (κ1) is 14.3. The first-order valence-electron chi connectivity index (χ1n) is 6.82. The van der Waals surface area contributed by atoms with Gasteiger partial charge in [-0.15, -0.1) is 0 Å². The second-order valence-electron chi connectivity index (χ2n) is 5.16. The SMILES string of the molecule is COCCOc1ccc(C(C)(O)C2CCCN2)cc1. The van der Waals surface area contributed by atoms with E-state index in [-0.39, 0.29) is 6.04 Å². The van der Waals surface area contributed by atoms with E-state index in [1.165, 1.54) is 0 Å². The van der Waals surface area contributed by atoms with Crippen LogP contribution in [0.2, 0.25) is 0 Å². The Morgan fingerprint density at radius 3 is 2.63 bits per heavy atom. The summed E-state index contributed by atoms with van der Waals surface area (Å²) in [5, 5.41) is 14.0. The van der Waals surface area contributed by atoms with Crippen LogP contribution in [0.5, 0.6) is 5.75 Å². The minimum absolute atomic E-state index is 0.132. The minimum Gasteiger partial charge on any atom is -0.491 e. The van der Waals surface area contributed by atoms with E-state index in [2.05, 4.69) is 5.32 Å². The summed E-state index contributed by atoms with van der Waals surface area (Å²) in [4.78, 5) is 0. The van der Waals surface area contributed by atoms with Gasteiger partial charge in [-0.2, -0.15) is 0 Å². The highest BCUT2D eigenvalue weighted by atomic mass is 16.5. The average Bonchev–Trinajstić information content (AvgIpc) is 2.94. The van der Waals surface area contributed by atoms with Gasteiger partial charge in [0.2, 0.25) is 0 Å². The molecule has 0 aliphatic carbocycles. The van der Waals surface area contributed by atoms with Crippen molar-refractivity contribution in [3.8, 4) is 5.75 Å². The Hall–Kier alpha value is -1.10. The monoisotopic (exact) mass is 265 g/mol. The van der Waals surface area contributed by atoms with E-state index in [4.69, 9.17) is 9.47 Å². The summed E-state index contributed by atoms with van der Waals surface area (Å²) in [5.41, 5.74) is 0.0904. The molecule has 2 N–H and O–H groups in total. The molecule has 4 heteroatoms. The van der Waals surface area contributed by atoms with Gasteiger partial charge in [0.05, 0.1) is 6.61 Å². The Morgan fingerprint density at radius 1 is 1.32 bits per heavy atom. The Bertz CT molecular complexity index is 383. The third-order valence-corrected chi connectivity index (χ3v) is 3.73. The van der Waals surface area contributed by atoms with E-state index < -0.39 is 5.60 Å². The van der Waals surface area contributed by atoms with Crippen LogP contribution in [-0.2, 0) is 10.3 Å². The molecule has 2 unspecified atom stereocenters. The molecule has 106 valence electrons. The van der Waals surface area contributed by atoms with Crippen LogP contribution in [0.15, 0.2) is 24.3 Å². The van der Waals surface area contributed by atoms with Crippen LogP contribution in [0.25, 0.3) is 0 Å². The molecule has 0 amide bonds. The van der Waals surface area contributed by atoms with Crippen molar-refractivity contribution < 1.29 is 14.6 Å². The summed E-state index contributed by atoms with van der Waals surface area (Å²) in [6.45, 7) is 3.97. The Balaban J connectivity index is 2.00. The van der Waals surface area contributed by atoms with Crippen LogP contribution < -0.4 is 10.1 Å². The summed E-state index contributed by atoms with van der Waals surface area (Å²) < 4.78 is 10.5. The fourth-order valence-corrected chi connectivity index (χ4v) is 2.50. The zero-order valence-corrected chi connectivity index (χ0v) is 11.7. The van der Waals surface area contributed by atoms with Gasteiger partial charge in [0, 0.05) is 13.2 Å². The summed E-state index contributed by atoms with van der Waals surface area (Å²) in [5.74, 6) is 0.802. The number of nitrogens with one attached hydrogen (secondary N) is 1. The van der Waals surface area contributed by atoms with Crippen LogP contribution in [-0.4, -0.2) is 38.0 Å². The molecule has 1 fully saturated rings. The van der Waals surface area contributed by atoms with Crippen molar-refractivity contribution in [1.82, 2.24) is 5.32 Å². The Kier molecular flexibility index (Phi) is 4.80. The number of rotatable bonds is 6. The lowest BCUT2D eigenvalue weighted by molar-refractivity contribution is 0.0218.